The van der Waals surface area contributed by atoms with E-state index >= 15 is 0 Å². The topological polar surface area (TPSA) is 161 Å². The van der Waals surface area contributed by atoms with Crippen molar-refractivity contribution in [2.24, 2.45) is 16.5 Å². The Morgan fingerprint density at radius 2 is 1.75 bits per heavy atom. The summed E-state index contributed by atoms with van der Waals surface area (Å²) in [5.41, 5.74) is -3.76. The van der Waals surface area contributed by atoms with Gasteiger partial charge in [0.05, 0.1) is 34.8 Å². The number of carbonyl (C=O) groups excluding carboxylic acids is 3. The van der Waals surface area contributed by atoms with E-state index in [1.54, 1.807) is 20.8 Å². The van der Waals surface area contributed by atoms with Gasteiger partial charge in [0.2, 0.25) is 15.9 Å². The lowest BCUT2D eigenvalue weighted by Gasteiger charge is -2.27. The van der Waals surface area contributed by atoms with Gasteiger partial charge in [-0.05, 0) is 24.3 Å². The summed E-state index contributed by atoms with van der Waals surface area (Å²) in [5, 5.41) is 7.44. The van der Waals surface area contributed by atoms with Crippen LogP contribution in [0.3, 0.4) is 0 Å². The standard InChI is InChI=1S/C27H31F4N5O7S/c1-25(2,3)23(38)34-20-7-15(27(29,30)31)9-33-21(20)12-43-24(39)36-11-16-10-35(13-26(16,14-36)42-4)22(37)18-6-5-17(8-19(18)28)44(32,40)41/h5-9,16H,10-14H2,1-4H3,(H,34,38)(H2,32,40,41). The number of nitrogens with two attached hydrogens (primary N) is 1. The maximum atomic E-state index is 14.6. The van der Waals surface area contributed by atoms with Gasteiger partial charge < -0.3 is 24.6 Å². The van der Waals surface area contributed by atoms with Crippen molar-refractivity contribution < 1.29 is 49.8 Å². The molecule has 0 bridgehead atoms. The number of sulfonamides is 1. The summed E-state index contributed by atoms with van der Waals surface area (Å²) in [7, 11) is -2.78. The third-order valence-electron chi connectivity index (χ3n) is 7.55. The first kappa shape index (κ1) is 33.1. The maximum Gasteiger partial charge on any atom is 0.417 e. The molecule has 2 fully saturated rings. The van der Waals surface area contributed by atoms with E-state index in [-0.39, 0.29) is 43.1 Å². The highest BCUT2D eigenvalue weighted by Gasteiger charge is 2.55. The summed E-state index contributed by atoms with van der Waals surface area (Å²) in [4.78, 5) is 44.5. The van der Waals surface area contributed by atoms with Crippen LogP contribution in [0.1, 0.15) is 42.4 Å². The van der Waals surface area contributed by atoms with Gasteiger partial charge in [0.1, 0.15) is 23.7 Å². The summed E-state index contributed by atoms with van der Waals surface area (Å²) in [6.45, 7) is 4.31. The zero-order valence-corrected chi connectivity index (χ0v) is 25.0. The van der Waals surface area contributed by atoms with Gasteiger partial charge in [-0.15, -0.1) is 0 Å². The summed E-state index contributed by atoms with van der Waals surface area (Å²) in [6, 6.07) is 3.44. The molecule has 3 N–H and O–H groups in total. The molecular formula is C27H31F4N5O7S. The number of carbonyl (C=O) groups is 3. The first-order chi connectivity index (χ1) is 20.2. The smallest absolute Gasteiger partial charge is 0.417 e. The van der Waals surface area contributed by atoms with Crippen molar-refractivity contribution in [3.05, 3.63) is 53.1 Å². The first-order valence-corrected chi connectivity index (χ1v) is 14.8. The molecule has 3 amide bonds. The molecule has 1 aromatic heterocycles. The highest BCUT2D eigenvalue weighted by atomic mass is 32.2. The largest absolute Gasteiger partial charge is 0.443 e. The molecule has 3 heterocycles. The van der Waals surface area contributed by atoms with Crippen molar-refractivity contribution in [3.63, 3.8) is 0 Å². The number of benzene rings is 1. The van der Waals surface area contributed by atoms with Crippen LogP contribution in [0.2, 0.25) is 0 Å². The first-order valence-electron chi connectivity index (χ1n) is 13.2. The van der Waals surface area contributed by atoms with Crippen LogP contribution in [0.5, 0.6) is 0 Å². The van der Waals surface area contributed by atoms with Crippen LogP contribution in [-0.4, -0.2) is 80.0 Å². The number of rotatable bonds is 6. The number of amides is 3. The summed E-state index contributed by atoms with van der Waals surface area (Å²) in [6.07, 6.45) is -4.97. The third kappa shape index (κ3) is 6.78. The fourth-order valence-corrected chi connectivity index (χ4v) is 5.54. The minimum atomic E-state index is -4.72. The van der Waals surface area contributed by atoms with Crippen LogP contribution >= 0.6 is 0 Å². The Morgan fingerprint density at radius 3 is 2.30 bits per heavy atom. The van der Waals surface area contributed by atoms with Crippen LogP contribution in [-0.2, 0) is 37.1 Å². The van der Waals surface area contributed by atoms with E-state index in [2.05, 4.69) is 10.3 Å². The van der Waals surface area contributed by atoms with Crippen molar-refractivity contribution in [2.75, 3.05) is 38.6 Å². The highest BCUT2D eigenvalue weighted by Crippen LogP contribution is 2.39. The number of anilines is 1. The molecule has 0 spiro atoms. The number of pyridine rings is 1. The SMILES string of the molecule is COC12CN(C(=O)OCc3ncc(C(F)(F)F)cc3NC(=O)C(C)(C)C)CC1CN(C(=O)c1ccc(S(N)(=O)=O)cc1F)C2. The average molecular weight is 646 g/mol. The minimum absolute atomic E-state index is 0.0162. The monoisotopic (exact) mass is 645 g/mol. The molecule has 1 aromatic carbocycles. The van der Waals surface area contributed by atoms with Crippen LogP contribution in [0, 0.1) is 17.2 Å². The molecule has 0 aliphatic carbocycles. The molecule has 240 valence electrons. The number of hydrogen-bond donors (Lipinski definition) is 2. The second-order valence-electron chi connectivity index (χ2n) is 11.7. The average Bonchev–Trinajstić information content (AvgIpc) is 3.45. The van der Waals surface area contributed by atoms with Gasteiger partial charge in [-0.1, -0.05) is 20.8 Å². The molecular weight excluding hydrogens is 614 g/mol. The number of hydrogen-bond acceptors (Lipinski definition) is 8. The number of methoxy groups -OCH3 is 1. The lowest BCUT2D eigenvalue weighted by Crippen LogP contribution is -2.44. The van der Waals surface area contributed by atoms with Gasteiger partial charge in [-0.3, -0.25) is 14.6 Å². The Morgan fingerprint density at radius 1 is 1.11 bits per heavy atom. The van der Waals surface area contributed by atoms with Crippen molar-refractivity contribution in [1.29, 1.82) is 0 Å². The zero-order chi connectivity index (χ0) is 32.8. The molecule has 4 rings (SSSR count). The highest BCUT2D eigenvalue weighted by molar-refractivity contribution is 7.89. The molecule has 0 radical (unpaired) electrons. The number of nitrogens with one attached hydrogen (secondary N) is 1. The number of ether oxygens (including phenoxy) is 2. The summed E-state index contributed by atoms with van der Waals surface area (Å²) >= 11 is 0. The Bertz CT molecular complexity index is 1600. The number of fused-ring (bicyclic) bond motifs is 1. The number of alkyl halides is 3. The van der Waals surface area contributed by atoms with Gasteiger partial charge in [0.25, 0.3) is 5.91 Å². The van der Waals surface area contributed by atoms with E-state index in [9.17, 15) is 40.4 Å². The molecule has 2 aliphatic rings. The van der Waals surface area contributed by atoms with Crippen molar-refractivity contribution >= 4 is 33.6 Å². The van der Waals surface area contributed by atoms with E-state index < -0.39 is 73.9 Å². The lowest BCUT2D eigenvalue weighted by atomic mass is 9.95. The van der Waals surface area contributed by atoms with E-state index in [4.69, 9.17) is 14.6 Å². The molecule has 12 nitrogen and oxygen atoms in total. The van der Waals surface area contributed by atoms with E-state index in [1.807, 2.05) is 0 Å². The van der Waals surface area contributed by atoms with E-state index in [1.165, 1.54) is 16.9 Å². The predicted molar refractivity (Wildman–Crippen MR) is 146 cm³/mol. The number of aromatic nitrogens is 1. The lowest BCUT2D eigenvalue weighted by molar-refractivity contribution is -0.137. The van der Waals surface area contributed by atoms with E-state index in [0.29, 0.717) is 12.3 Å². The molecule has 2 atom stereocenters. The summed E-state index contributed by atoms with van der Waals surface area (Å²) < 4.78 is 88.6. The van der Waals surface area contributed by atoms with Crippen LogP contribution < -0.4 is 10.5 Å². The molecule has 2 aliphatic heterocycles. The number of halogens is 4. The van der Waals surface area contributed by atoms with Crippen molar-refractivity contribution in [3.8, 4) is 0 Å². The fourth-order valence-electron chi connectivity index (χ4n) is 5.01. The number of likely N-dealkylation sites (tertiary alicyclic amines) is 2. The van der Waals surface area contributed by atoms with Crippen LogP contribution in [0.25, 0.3) is 0 Å². The van der Waals surface area contributed by atoms with Crippen LogP contribution in [0.15, 0.2) is 35.4 Å². The van der Waals surface area contributed by atoms with Gasteiger partial charge in [-0.25, -0.2) is 22.7 Å². The second kappa shape index (κ2) is 11.6. The van der Waals surface area contributed by atoms with Crippen molar-refractivity contribution in [2.45, 2.75) is 44.1 Å². The molecule has 2 unspecified atom stereocenters. The van der Waals surface area contributed by atoms with E-state index in [0.717, 1.165) is 18.2 Å². The maximum absolute atomic E-state index is 14.6. The van der Waals surface area contributed by atoms with Gasteiger partial charge in [0, 0.05) is 37.7 Å². The molecule has 17 heteroatoms. The zero-order valence-electron chi connectivity index (χ0n) is 24.2. The second-order valence-corrected chi connectivity index (χ2v) is 13.3. The van der Waals surface area contributed by atoms with Crippen LogP contribution in [0.4, 0.5) is 28.0 Å². The van der Waals surface area contributed by atoms with Gasteiger partial charge in [-0.2, -0.15) is 13.2 Å². The fraction of sp³-hybridized carbons (Fsp3) is 0.481. The molecule has 2 saturated heterocycles. The van der Waals surface area contributed by atoms with Gasteiger partial charge >= 0.3 is 12.3 Å². The quantitative estimate of drug-likeness (QED) is 0.454. The minimum Gasteiger partial charge on any atom is -0.443 e. The third-order valence-corrected chi connectivity index (χ3v) is 8.46. The molecule has 0 saturated carbocycles. The summed E-state index contributed by atoms with van der Waals surface area (Å²) in [5.74, 6) is -2.74. The Hall–Kier alpha value is -3.83. The normalized spacial score (nSPS) is 20.4. The molecule has 2 aromatic rings. The Labute approximate surface area is 250 Å². The number of primary sulfonamides is 1. The Balaban J connectivity index is 1.44. The predicted octanol–water partition coefficient (Wildman–Crippen LogP) is 2.98. The number of nitrogens with zero attached hydrogens (tertiary/aromatic N) is 3. The Kier molecular flexibility index (Phi) is 8.71. The van der Waals surface area contributed by atoms with Crippen molar-refractivity contribution in [1.82, 2.24) is 14.8 Å². The molecule has 44 heavy (non-hydrogen) atoms. The van der Waals surface area contributed by atoms with Gasteiger partial charge in [0.15, 0.2) is 0 Å².